The lowest BCUT2D eigenvalue weighted by molar-refractivity contribution is -0.133. The fourth-order valence-electron chi connectivity index (χ4n) is 1.92. The first-order valence-electron chi connectivity index (χ1n) is 6.61. The molecule has 2 aromatic rings. The Morgan fingerprint density at radius 3 is 2.71 bits per heavy atom. The molecule has 1 N–H and O–H groups in total. The average Bonchev–Trinajstić information content (AvgIpc) is 2.48. The van der Waals surface area contributed by atoms with Gasteiger partial charge in [-0.25, -0.2) is 0 Å². The molecule has 0 unspecified atom stereocenters. The van der Waals surface area contributed by atoms with Gasteiger partial charge in [0.1, 0.15) is 0 Å². The lowest BCUT2D eigenvalue weighted by Crippen LogP contribution is -2.14. The second-order valence-electron chi connectivity index (χ2n) is 4.51. The Bertz CT molecular complexity index is 655. The number of carboxylic acid groups (broad SMARTS) is 1. The number of aromatic nitrogens is 2. The van der Waals surface area contributed by atoms with Crippen molar-refractivity contribution < 1.29 is 9.90 Å². The summed E-state index contributed by atoms with van der Waals surface area (Å²) < 4.78 is 1.83. The predicted molar refractivity (Wildman–Crippen MR) is 81.6 cm³/mol. The minimum atomic E-state index is -0.922. The van der Waals surface area contributed by atoms with E-state index in [4.69, 9.17) is 5.11 Å². The molecule has 0 atom stereocenters. The summed E-state index contributed by atoms with van der Waals surface area (Å²) in [5.74, 6) is -1.02. The molecule has 0 saturated heterocycles. The van der Waals surface area contributed by atoms with E-state index in [1.54, 1.807) is 6.20 Å². The van der Waals surface area contributed by atoms with E-state index in [1.165, 1.54) is 11.6 Å². The summed E-state index contributed by atoms with van der Waals surface area (Å²) in [5, 5.41) is 9.18. The van der Waals surface area contributed by atoms with E-state index in [-0.39, 0.29) is 11.3 Å². The average molecular weight is 304 g/mol. The van der Waals surface area contributed by atoms with Crippen LogP contribution in [0.15, 0.2) is 52.5 Å². The number of nitrogens with zero attached hydrogens (tertiary/aromatic N) is 2. The predicted octanol–water partition coefficient (Wildman–Crippen LogP) is 2.05. The first-order chi connectivity index (χ1) is 10.1. The van der Waals surface area contributed by atoms with Gasteiger partial charge >= 0.3 is 5.97 Å². The van der Waals surface area contributed by atoms with Crippen LogP contribution in [0, 0.1) is 0 Å². The Kier molecular flexibility index (Phi) is 5.57. The van der Waals surface area contributed by atoms with Crippen molar-refractivity contribution >= 4 is 17.7 Å². The number of aryl methyl sites for hydroxylation is 2. The van der Waals surface area contributed by atoms with Crippen LogP contribution in [0.4, 0.5) is 0 Å². The zero-order valence-electron chi connectivity index (χ0n) is 11.4. The van der Waals surface area contributed by atoms with Gasteiger partial charge in [-0.15, -0.1) is 0 Å². The van der Waals surface area contributed by atoms with Crippen LogP contribution in [0.3, 0.4) is 0 Å². The normalized spacial score (nSPS) is 10.5. The van der Waals surface area contributed by atoms with E-state index in [0.29, 0.717) is 11.7 Å². The largest absolute Gasteiger partial charge is 0.481 e. The highest BCUT2D eigenvalue weighted by Gasteiger charge is 2.06. The van der Waals surface area contributed by atoms with Crippen molar-refractivity contribution in [2.24, 2.45) is 0 Å². The van der Waals surface area contributed by atoms with Crippen molar-refractivity contribution in [1.29, 1.82) is 0 Å². The lowest BCUT2D eigenvalue weighted by atomic mass is 10.1. The molecule has 0 radical (unpaired) electrons. The topological polar surface area (TPSA) is 72.2 Å². The van der Waals surface area contributed by atoms with Crippen LogP contribution in [0.1, 0.15) is 12.0 Å². The molecule has 0 spiro atoms. The molecule has 0 fully saturated rings. The van der Waals surface area contributed by atoms with Crippen LogP contribution in [0.25, 0.3) is 0 Å². The SMILES string of the molecule is O=C(O)CSc1nc(=O)ccn1CCCc1ccccc1. The Labute approximate surface area is 126 Å². The molecule has 0 aliphatic rings. The van der Waals surface area contributed by atoms with Crippen LogP contribution in [-0.2, 0) is 17.8 Å². The van der Waals surface area contributed by atoms with Gasteiger partial charge in [-0.05, 0) is 18.4 Å². The maximum Gasteiger partial charge on any atom is 0.313 e. The molecule has 1 heterocycles. The minimum absolute atomic E-state index is 0.102. The molecule has 1 aromatic carbocycles. The van der Waals surface area contributed by atoms with Crippen molar-refractivity contribution in [3.63, 3.8) is 0 Å². The number of thioether (sulfide) groups is 1. The molecule has 5 nitrogen and oxygen atoms in total. The maximum atomic E-state index is 11.3. The number of rotatable bonds is 7. The van der Waals surface area contributed by atoms with Gasteiger partial charge in [0.25, 0.3) is 5.56 Å². The Morgan fingerprint density at radius 1 is 1.24 bits per heavy atom. The van der Waals surface area contributed by atoms with Crippen molar-refractivity contribution in [2.45, 2.75) is 24.5 Å². The standard InChI is InChI=1S/C15H16N2O3S/c18-13-8-10-17(15(16-13)21-11-14(19)20)9-4-7-12-5-2-1-3-6-12/h1-3,5-6,8,10H,4,7,9,11H2,(H,19,20). The summed E-state index contributed by atoms with van der Waals surface area (Å²) in [6.07, 6.45) is 3.50. The number of carboxylic acids is 1. The van der Waals surface area contributed by atoms with Gasteiger partial charge in [-0.2, -0.15) is 4.98 Å². The fourth-order valence-corrected chi connectivity index (χ4v) is 2.65. The summed E-state index contributed by atoms with van der Waals surface area (Å²) in [6.45, 7) is 0.699. The van der Waals surface area contributed by atoms with Crippen molar-refractivity contribution in [3.8, 4) is 0 Å². The monoisotopic (exact) mass is 304 g/mol. The van der Waals surface area contributed by atoms with Crippen LogP contribution in [-0.4, -0.2) is 26.4 Å². The second-order valence-corrected chi connectivity index (χ2v) is 5.46. The van der Waals surface area contributed by atoms with E-state index in [9.17, 15) is 9.59 Å². The molecule has 21 heavy (non-hydrogen) atoms. The fraction of sp³-hybridized carbons (Fsp3) is 0.267. The molecule has 0 aliphatic heterocycles. The van der Waals surface area contributed by atoms with Crippen LogP contribution in [0.2, 0.25) is 0 Å². The maximum absolute atomic E-state index is 11.3. The van der Waals surface area contributed by atoms with E-state index < -0.39 is 5.97 Å². The summed E-state index contributed by atoms with van der Waals surface area (Å²) in [5.41, 5.74) is 0.911. The van der Waals surface area contributed by atoms with Crippen molar-refractivity contribution in [3.05, 3.63) is 58.5 Å². The molecule has 1 aromatic heterocycles. The molecular formula is C15H16N2O3S. The van der Waals surface area contributed by atoms with Gasteiger partial charge in [0.2, 0.25) is 0 Å². The smallest absolute Gasteiger partial charge is 0.313 e. The van der Waals surface area contributed by atoms with E-state index >= 15 is 0 Å². The van der Waals surface area contributed by atoms with E-state index in [0.717, 1.165) is 24.6 Å². The third-order valence-electron chi connectivity index (χ3n) is 2.88. The van der Waals surface area contributed by atoms with Gasteiger partial charge in [-0.1, -0.05) is 42.1 Å². The van der Waals surface area contributed by atoms with Gasteiger partial charge in [-0.3, -0.25) is 9.59 Å². The summed E-state index contributed by atoms with van der Waals surface area (Å²) in [4.78, 5) is 25.8. The minimum Gasteiger partial charge on any atom is -0.481 e. The molecule has 0 amide bonds. The number of hydrogen-bond acceptors (Lipinski definition) is 4. The summed E-state index contributed by atoms with van der Waals surface area (Å²) in [6, 6.07) is 11.5. The third-order valence-corrected chi connectivity index (χ3v) is 3.86. The van der Waals surface area contributed by atoms with Gasteiger partial charge in [0.05, 0.1) is 5.75 Å². The Balaban J connectivity index is 1.98. The third kappa shape index (κ3) is 5.07. The quantitative estimate of drug-likeness (QED) is 0.626. The highest BCUT2D eigenvalue weighted by molar-refractivity contribution is 7.99. The first-order valence-corrected chi connectivity index (χ1v) is 7.60. The number of benzene rings is 1. The summed E-state index contributed by atoms with van der Waals surface area (Å²) >= 11 is 1.07. The number of hydrogen-bond donors (Lipinski definition) is 1. The molecule has 0 saturated carbocycles. The lowest BCUT2D eigenvalue weighted by Gasteiger charge is -2.10. The number of carbonyl (C=O) groups is 1. The zero-order valence-corrected chi connectivity index (χ0v) is 12.3. The summed E-state index contributed by atoms with van der Waals surface area (Å²) in [7, 11) is 0. The second kappa shape index (κ2) is 7.64. The molecule has 2 rings (SSSR count). The molecule has 0 aliphatic carbocycles. The zero-order chi connectivity index (χ0) is 15.1. The molecular weight excluding hydrogens is 288 g/mol. The van der Waals surface area contributed by atoms with Crippen molar-refractivity contribution in [1.82, 2.24) is 9.55 Å². The van der Waals surface area contributed by atoms with Gasteiger partial charge in [0, 0.05) is 18.8 Å². The van der Waals surface area contributed by atoms with Crippen molar-refractivity contribution in [2.75, 3.05) is 5.75 Å². The Morgan fingerprint density at radius 2 is 2.00 bits per heavy atom. The number of aliphatic carboxylic acids is 1. The first kappa shape index (κ1) is 15.3. The van der Waals surface area contributed by atoms with Gasteiger partial charge in [0.15, 0.2) is 5.16 Å². The van der Waals surface area contributed by atoms with E-state index in [2.05, 4.69) is 17.1 Å². The van der Waals surface area contributed by atoms with Crippen LogP contribution >= 0.6 is 11.8 Å². The molecule has 0 bridgehead atoms. The molecule has 6 heteroatoms. The molecule has 110 valence electrons. The van der Waals surface area contributed by atoms with Crippen LogP contribution < -0.4 is 5.56 Å². The van der Waals surface area contributed by atoms with Gasteiger partial charge < -0.3 is 9.67 Å². The van der Waals surface area contributed by atoms with Crippen LogP contribution in [0.5, 0.6) is 0 Å². The highest BCUT2D eigenvalue weighted by Crippen LogP contribution is 2.14. The van der Waals surface area contributed by atoms with E-state index in [1.807, 2.05) is 22.8 Å². The highest BCUT2D eigenvalue weighted by atomic mass is 32.2. The Hall–Kier alpha value is -2.08.